The summed E-state index contributed by atoms with van der Waals surface area (Å²) in [7, 11) is 0. The lowest BCUT2D eigenvalue weighted by atomic mass is 9.99. The molecule has 0 bridgehead atoms. The first-order valence-corrected chi connectivity index (χ1v) is 11.8. The van der Waals surface area contributed by atoms with Gasteiger partial charge in [-0.1, -0.05) is 36.9 Å². The maximum Gasteiger partial charge on any atom is 0.227 e. The van der Waals surface area contributed by atoms with E-state index in [9.17, 15) is 9.50 Å². The Morgan fingerprint density at radius 2 is 1.85 bits per heavy atom. The van der Waals surface area contributed by atoms with Crippen LogP contribution < -0.4 is 4.74 Å². The molecule has 3 heterocycles. The highest BCUT2D eigenvalue weighted by Crippen LogP contribution is 2.43. The fourth-order valence-corrected chi connectivity index (χ4v) is 4.82. The van der Waals surface area contributed by atoms with Gasteiger partial charge in [-0.2, -0.15) is 4.98 Å². The molecule has 4 aromatic rings. The van der Waals surface area contributed by atoms with E-state index in [0.29, 0.717) is 35.2 Å². The Labute approximate surface area is 201 Å². The van der Waals surface area contributed by atoms with Gasteiger partial charge in [0.25, 0.3) is 0 Å². The van der Waals surface area contributed by atoms with E-state index < -0.39 is 0 Å². The molecule has 0 aliphatic carbocycles. The number of benzene rings is 2. The summed E-state index contributed by atoms with van der Waals surface area (Å²) >= 11 is 1.60. The van der Waals surface area contributed by atoms with Crippen LogP contribution in [0.25, 0.3) is 17.5 Å². The van der Waals surface area contributed by atoms with E-state index in [1.54, 1.807) is 30.1 Å². The summed E-state index contributed by atoms with van der Waals surface area (Å²) in [4.78, 5) is 13.9. The molecule has 1 aliphatic heterocycles. The Bertz CT molecular complexity index is 1370. The van der Waals surface area contributed by atoms with Gasteiger partial charge in [-0.25, -0.2) is 9.37 Å². The topological polar surface area (TPSA) is 68.1 Å². The minimum absolute atomic E-state index is 0.124. The summed E-state index contributed by atoms with van der Waals surface area (Å²) in [5.41, 5.74) is 6.15. The number of fused-ring (bicyclic) bond motifs is 2. The second-order valence-electron chi connectivity index (χ2n) is 7.99. The van der Waals surface area contributed by atoms with Crippen molar-refractivity contribution in [1.82, 2.24) is 15.0 Å². The molecule has 170 valence electrons. The van der Waals surface area contributed by atoms with Gasteiger partial charge in [-0.05, 0) is 42.3 Å². The lowest BCUT2D eigenvalue weighted by Crippen LogP contribution is -2.13. The first kappa shape index (κ1) is 22.3. The van der Waals surface area contributed by atoms with Crippen LogP contribution >= 0.6 is 11.8 Å². The van der Waals surface area contributed by atoms with Gasteiger partial charge >= 0.3 is 0 Å². The van der Waals surface area contributed by atoms with E-state index in [1.165, 1.54) is 12.1 Å². The fraction of sp³-hybridized carbons (Fsp3) is 0.148. The van der Waals surface area contributed by atoms with Gasteiger partial charge in [0.15, 0.2) is 11.6 Å². The summed E-state index contributed by atoms with van der Waals surface area (Å²) in [6, 6.07) is 14.3. The van der Waals surface area contributed by atoms with Crippen molar-refractivity contribution < 1.29 is 14.2 Å². The molecule has 5 nitrogen and oxygen atoms in total. The fourth-order valence-electron chi connectivity index (χ4n) is 3.84. The van der Waals surface area contributed by atoms with Crippen LogP contribution in [0.15, 0.2) is 66.3 Å². The van der Waals surface area contributed by atoms with E-state index in [1.807, 2.05) is 25.1 Å². The average Bonchev–Trinajstić information content (AvgIpc) is 2.87. The molecule has 0 fully saturated rings. The standard InChI is InChI=1S/C27H22FN3O2S/c1-3-17-4-6-18(7-5-17)15-34-27-23-12-22-20(14-32)13-29-16(2)24(22)33-26(23)30-25(31-27)19-8-10-21(28)11-9-19/h3-11,13,32H,1,12,14-15H2,2H3. The summed E-state index contributed by atoms with van der Waals surface area (Å²) < 4.78 is 19.7. The highest BCUT2D eigenvalue weighted by Gasteiger charge is 2.27. The molecule has 5 rings (SSSR count). The molecule has 0 atom stereocenters. The Hall–Kier alpha value is -3.55. The third kappa shape index (κ3) is 4.32. The molecule has 2 aromatic heterocycles. The molecule has 34 heavy (non-hydrogen) atoms. The largest absolute Gasteiger partial charge is 0.436 e. The van der Waals surface area contributed by atoms with Crippen LogP contribution in [-0.2, 0) is 18.8 Å². The zero-order valence-electron chi connectivity index (χ0n) is 18.6. The first-order chi connectivity index (χ1) is 16.6. The molecule has 1 N–H and O–H groups in total. The van der Waals surface area contributed by atoms with E-state index in [0.717, 1.165) is 38.5 Å². The Kier molecular flexibility index (Phi) is 6.13. The number of ether oxygens (including phenoxy) is 1. The van der Waals surface area contributed by atoms with Crippen molar-refractivity contribution in [1.29, 1.82) is 0 Å². The Balaban J connectivity index is 1.56. The van der Waals surface area contributed by atoms with Crippen LogP contribution in [0.5, 0.6) is 11.6 Å². The van der Waals surface area contributed by atoms with Gasteiger partial charge in [-0.3, -0.25) is 4.98 Å². The monoisotopic (exact) mass is 471 g/mol. The number of thioether (sulfide) groups is 1. The SMILES string of the molecule is C=Cc1ccc(CSc2nc(-c3ccc(F)cc3)nc3c2Cc2c(CO)cnc(C)c2O3)cc1. The summed E-state index contributed by atoms with van der Waals surface area (Å²) in [6.07, 6.45) is 4.03. The second kappa shape index (κ2) is 9.37. The molecule has 0 radical (unpaired) electrons. The van der Waals surface area contributed by atoms with Crippen molar-refractivity contribution in [2.24, 2.45) is 0 Å². The average molecular weight is 472 g/mol. The van der Waals surface area contributed by atoms with Crippen LogP contribution in [0.4, 0.5) is 4.39 Å². The number of aromatic nitrogens is 3. The van der Waals surface area contributed by atoms with Gasteiger partial charge in [0, 0.05) is 35.1 Å². The van der Waals surface area contributed by atoms with Crippen molar-refractivity contribution in [3.8, 4) is 23.0 Å². The van der Waals surface area contributed by atoms with Crippen LogP contribution in [0, 0.1) is 12.7 Å². The summed E-state index contributed by atoms with van der Waals surface area (Å²) in [5, 5.41) is 10.6. The molecule has 2 aromatic carbocycles. The molecule has 0 saturated carbocycles. The summed E-state index contributed by atoms with van der Waals surface area (Å²) in [6.45, 7) is 5.55. The molecule has 7 heteroatoms. The number of aliphatic hydroxyl groups excluding tert-OH is 1. The van der Waals surface area contributed by atoms with Crippen LogP contribution in [-0.4, -0.2) is 20.1 Å². The highest BCUT2D eigenvalue weighted by molar-refractivity contribution is 7.98. The molecular weight excluding hydrogens is 449 g/mol. The zero-order chi connectivity index (χ0) is 23.7. The maximum atomic E-state index is 13.5. The predicted octanol–water partition coefficient (Wildman–Crippen LogP) is 6.11. The Morgan fingerprint density at radius 3 is 2.56 bits per heavy atom. The third-order valence-corrected chi connectivity index (χ3v) is 6.84. The second-order valence-corrected chi connectivity index (χ2v) is 8.95. The van der Waals surface area contributed by atoms with E-state index in [2.05, 4.69) is 28.7 Å². The number of aryl methyl sites for hydroxylation is 1. The number of pyridine rings is 1. The molecule has 1 aliphatic rings. The van der Waals surface area contributed by atoms with Crippen molar-refractivity contribution in [2.75, 3.05) is 0 Å². The molecule has 0 amide bonds. The van der Waals surface area contributed by atoms with Crippen LogP contribution in [0.3, 0.4) is 0 Å². The van der Waals surface area contributed by atoms with Gasteiger partial charge in [0.05, 0.1) is 17.9 Å². The quantitative estimate of drug-likeness (QED) is 0.238. The maximum absolute atomic E-state index is 13.5. The summed E-state index contributed by atoms with van der Waals surface area (Å²) in [5.74, 6) is 1.95. The van der Waals surface area contributed by atoms with Gasteiger partial charge in [0.2, 0.25) is 5.88 Å². The van der Waals surface area contributed by atoms with E-state index in [-0.39, 0.29) is 12.4 Å². The van der Waals surface area contributed by atoms with Gasteiger partial charge in [-0.15, -0.1) is 11.8 Å². The van der Waals surface area contributed by atoms with E-state index in [4.69, 9.17) is 9.72 Å². The number of rotatable bonds is 6. The first-order valence-electron chi connectivity index (χ1n) is 10.8. The molecule has 0 saturated heterocycles. The molecule has 0 spiro atoms. The van der Waals surface area contributed by atoms with E-state index >= 15 is 0 Å². The predicted molar refractivity (Wildman–Crippen MR) is 131 cm³/mol. The highest BCUT2D eigenvalue weighted by atomic mass is 32.2. The van der Waals surface area contributed by atoms with Crippen molar-refractivity contribution in [3.05, 3.63) is 101 Å². The minimum atomic E-state index is -0.317. The number of halogens is 1. The lowest BCUT2D eigenvalue weighted by Gasteiger charge is -2.24. The molecule has 0 unspecified atom stereocenters. The van der Waals surface area contributed by atoms with Crippen molar-refractivity contribution in [3.63, 3.8) is 0 Å². The van der Waals surface area contributed by atoms with Crippen molar-refractivity contribution >= 4 is 17.8 Å². The number of aliphatic hydroxyl groups is 1. The van der Waals surface area contributed by atoms with Gasteiger partial charge < -0.3 is 9.84 Å². The minimum Gasteiger partial charge on any atom is -0.436 e. The normalized spacial score (nSPS) is 12.0. The zero-order valence-corrected chi connectivity index (χ0v) is 19.4. The molecular formula is C27H22FN3O2S. The Morgan fingerprint density at radius 1 is 1.09 bits per heavy atom. The smallest absolute Gasteiger partial charge is 0.227 e. The number of nitrogens with zero attached hydrogens (tertiary/aromatic N) is 3. The lowest BCUT2D eigenvalue weighted by molar-refractivity contribution is 0.278. The third-order valence-electron chi connectivity index (χ3n) is 5.75. The van der Waals surface area contributed by atoms with Gasteiger partial charge in [0.1, 0.15) is 10.8 Å². The number of hydrogen-bond acceptors (Lipinski definition) is 6. The number of hydrogen-bond donors (Lipinski definition) is 1. The van der Waals surface area contributed by atoms with Crippen molar-refractivity contribution in [2.45, 2.75) is 30.7 Å². The van der Waals surface area contributed by atoms with Crippen LogP contribution in [0.2, 0.25) is 0 Å². The van der Waals surface area contributed by atoms with Crippen LogP contribution in [0.1, 0.15) is 33.5 Å².